The smallest absolute Gasteiger partial charge is 0.234 e. The largest absolute Gasteiger partial charge is 0.490 e. The zero-order valence-electron chi connectivity index (χ0n) is 21.1. The first-order chi connectivity index (χ1) is 16.9. The molecule has 0 aliphatic carbocycles. The van der Waals surface area contributed by atoms with E-state index in [0.29, 0.717) is 52.4 Å². The van der Waals surface area contributed by atoms with Crippen molar-refractivity contribution in [3.8, 4) is 11.5 Å². The second-order valence-electron chi connectivity index (χ2n) is 9.87. The molecular formula is C28H37N3O4. The van der Waals surface area contributed by atoms with Crippen LogP contribution >= 0.6 is 0 Å². The van der Waals surface area contributed by atoms with E-state index in [1.807, 2.05) is 54.3 Å². The van der Waals surface area contributed by atoms with Gasteiger partial charge in [-0.3, -0.25) is 14.5 Å². The number of ether oxygens (including phenoxy) is 2. The van der Waals surface area contributed by atoms with Crippen molar-refractivity contribution in [2.45, 2.75) is 39.7 Å². The van der Waals surface area contributed by atoms with Gasteiger partial charge in [0.2, 0.25) is 11.8 Å². The van der Waals surface area contributed by atoms with E-state index in [2.05, 4.69) is 24.1 Å². The van der Waals surface area contributed by atoms with Crippen LogP contribution in [-0.2, 0) is 16.0 Å². The third kappa shape index (κ3) is 6.75. The molecule has 7 nitrogen and oxygen atoms in total. The molecule has 0 aromatic heterocycles. The van der Waals surface area contributed by atoms with Crippen LogP contribution in [0.2, 0.25) is 0 Å². The molecule has 7 heteroatoms. The molecule has 0 spiro atoms. The molecule has 4 rings (SSSR count). The summed E-state index contributed by atoms with van der Waals surface area (Å²) >= 11 is 0. The minimum absolute atomic E-state index is 0.00440. The van der Waals surface area contributed by atoms with Gasteiger partial charge >= 0.3 is 0 Å². The van der Waals surface area contributed by atoms with Crippen molar-refractivity contribution in [3.05, 3.63) is 59.2 Å². The number of piperazine rings is 1. The zero-order chi connectivity index (χ0) is 24.8. The Morgan fingerprint density at radius 1 is 0.943 bits per heavy atom. The average molecular weight is 480 g/mol. The monoisotopic (exact) mass is 479 g/mol. The summed E-state index contributed by atoms with van der Waals surface area (Å²) in [6.07, 6.45) is 1.28. The molecule has 1 N–H and O–H groups in total. The van der Waals surface area contributed by atoms with Crippen molar-refractivity contribution in [2.75, 3.05) is 45.9 Å². The van der Waals surface area contributed by atoms with E-state index in [-0.39, 0.29) is 23.8 Å². The Labute approximate surface area is 208 Å². The second-order valence-corrected chi connectivity index (χ2v) is 9.87. The Morgan fingerprint density at radius 2 is 1.63 bits per heavy atom. The maximum Gasteiger partial charge on any atom is 0.234 e. The van der Waals surface area contributed by atoms with Crippen LogP contribution in [0.25, 0.3) is 0 Å². The fourth-order valence-corrected chi connectivity index (χ4v) is 4.58. The Balaban J connectivity index is 1.28. The van der Waals surface area contributed by atoms with Gasteiger partial charge in [-0.15, -0.1) is 0 Å². The van der Waals surface area contributed by atoms with E-state index in [1.54, 1.807) is 0 Å². The molecule has 2 amide bonds. The van der Waals surface area contributed by atoms with E-state index in [9.17, 15) is 9.59 Å². The predicted molar refractivity (Wildman–Crippen MR) is 136 cm³/mol. The van der Waals surface area contributed by atoms with Crippen LogP contribution in [0.3, 0.4) is 0 Å². The SMILES string of the molecule is Cc1ccc(CC(=O)N2CCN(CC(=O)NC(c3ccc4c(c3)OCCCO4)C(C)C)CC2)cc1. The molecule has 0 radical (unpaired) electrons. The molecule has 35 heavy (non-hydrogen) atoms. The van der Waals surface area contributed by atoms with Crippen LogP contribution < -0.4 is 14.8 Å². The molecule has 0 saturated carbocycles. The summed E-state index contributed by atoms with van der Waals surface area (Å²) in [5, 5.41) is 3.22. The van der Waals surface area contributed by atoms with Gasteiger partial charge in [0, 0.05) is 32.6 Å². The number of benzene rings is 2. The number of carbonyl (C=O) groups is 2. The summed E-state index contributed by atoms with van der Waals surface area (Å²) in [6, 6.07) is 13.9. The Hall–Kier alpha value is -3.06. The van der Waals surface area contributed by atoms with Crippen molar-refractivity contribution < 1.29 is 19.1 Å². The van der Waals surface area contributed by atoms with E-state index in [1.165, 1.54) is 5.56 Å². The van der Waals surface area contributed by atoms with Crippen LogP contribution in [0, 0.1) is 12.8 Å². The number of nitrogens with one attached hydrogen (secondary N) is 1. The highest BCUT2D eigenvalue weighted by atomic mass is 16.5. The summed E-state index contributed by atoms with van der Waals surface area (Å²) < 4.78 is 11.6. The number of hydrogen-bond donors (Lipinski definition) is 1. The summed E-state index contributed by atoms with van der Waals surface area (Å²) in [5.74, 6) is 1.86. The van der Waals surface area contributed by atoms with E-state index in [0.717, 1.165) is 29.0 Å². The summed E-state index contributed by atoms with van der Waals surface area (Å²) in [5.41, 5.74) is 3.25. The summed E-state index contributed by atoms with van der Waals surface area (Å²) in [7, 11) is 0. The van der Waals surface area contributed by atoms with Gasteiger partial charge in [0.1, 0.15) is 0 Å². The van der Waals surface area contributed by atoms with Gasteiger partial charge in [0.15, 0.2) is 11.5 Å². The number of nitrogens with zero attached hydrogens (tertiary/aromatic N) is 2. The van der Waals surface area contributed by atoms with Crippen molar-refractivity contribution >= 4 is 11.8 Å². The van der Waals surface area contributed by atoms with Gasteiger partial charge in [-0.25, -0.2) is 0 Å². The van der Waals surface area contributed by atoms with Crippen molar-refractivity contribution in [2.24, 2.45) is 5.92 Å². The lowest BCUT2D eigenvalue weighted by atomic mass is 9.95. The lowest BCUT2D eigenvalue weighted by Gasteiger charge is -2.35. The van der Waals surface area contributed by atoms with Crippen molar-refractivity contribution in [3.63, 3.8) is 0 Å². The second kappa shape index (κ2) is 11.6. The van der Waals surface area contributed by atoms with Gasteiger partial charge in [0.25, 0.3) is 0 Å². The third-order valence-electron chi connectivity index (χ3n) is 6.68. The van der Waals surface area contributed by atoms with Crippen molar-refractivity contribution in [1.29, 1.82) is 0 Å². The fourth-order valence-electron chi connectivity index (χ4n) is 4.58. The lowest BCUT2D eigenvalue weighted by molar-refractivity contribution is -0.132. The van der Waals surface area contributed by atoms with Crippen LogP contribution in [0.1, 0.15) is 43.0 Å². The Bertz CT molecular complexity index is 1010. The highest BCUT2D eigenvalue weighted by Gasteiger charge is 2.25. The summed E-state index contributed by atoms with van der Waals surface area (Å²) in [6.45, 7) is 10.6. The Kier molecular flexibility index (Phi) is 8.29. The van der Waals surface area contributed by atoms with E-state index < -0.39 is 0 Å². The Morgan fingerprint density at radius 3 is 2.31 bits per heavy atom. The van der Waals surface area contributed by atoms with Crippen LogP contribution in [0.5, 0.6) is 11.5 Å². The van der Waals surface area contributed by atoms with Gasteiger partial charge in [-0.1, -0.05) is 49.7 Å². The summed E-state index contributed by atoms with van der Waals surface area (Å²) in [4.78, 5) is 29.7. The molecule has 2 aliphatic rings. The molecule has 188 valence electrons. The number of fused-ring (bicyclic) bond motifs is 1. The molecule has 1 saturated heterocycles. The molecule has 1 unspecified atom stereocenters. The van der Waals surface area contributed by atoms with Gasteiger partial charge < -0.3 is 19.7 Å². The predicted octanol–water partition coefficient (Wildman–Crippen LogP) is 3.36. The number of amides is 2. The van der Waals surface area contributed by atoms with Gasteiger partial charge in [-0.05, 0) is 36.1 Å². The van der Waals surface area contributed by atoms with Crippen LogP contribution in [0.4, 0.5) is 0 Å². The standard InChI is InChI=1S/C28H37N3O4/c1-20(2)28(23-9-10-24-25(18-23)35-16-4-15-34-24)29-26(32)19-30-11-13-31(14-12-30)27(33)17-22-7-5-21(3)6-8-22/h5-10,18,20,28H,4,11-17,19H2,1-3H3,(H,29,32). The fraction of sp³-hybridized carbons (Fsp3) is 0.500. The van der Waals surface area contributed by atoms with Crippen molar-refractivity contribution in [1.82, 2.24) is 15.1 Å². The molecule has 2 aromatic rings. The van der Waals surface area contributed by atoms with E-state index >= 15 is 0 Å². The highest BCUT2D eigenvalue weighted by Crippen LogP contribution is 2.34. The lowest BCUT2D eigenvalue weighted by Crippen LogP contribution is -2.51. The quantitative estimate of drug-likeness (QED) is 0.660. The maximum atomic E-state index is 12.9. The molecule has 0 bridgehead atoms. The first kappa shape index (κ1) is 25.0. The number of aryl methyl sites for hydroxylation is 1. The van der Waals surface area contributed by atoms with Crippen LogP contribution in [0.15, 0.2) is 42.5 Å². The first-order valence-corrected chi connectivity index (χ1v) is 12.6. The number of carbonyl (C=O) groups excluding carboxylic acids is 2. The maximum absolute atomic E-state index is 12.9. The number of hydrogen-bond acceptors (Lipinski definition) is 5. The molecular weight excluding hydrogens is 442 g/mol. The number of rotatable bonds is 7. The molecule has 2 aromatic carbocycles. The normalized spacial score (nSPS) is 17.1. The average Bonchev–Trinajstić information content (AvgIpc) is 3.09. The molecule has 2 heterocycles. The minimum Gasteiger partial charge on any atom is -0.490 e. The van der Waals surface area contributed by atoms with Gasteiger partial charge in [0.05, 0.1) is 32.2 Å². The molecule has 2 aliphatic heterocycles. The highest BCUT2D eigenvalue weighted by molar-refractivity contribution is 5.80. The van der Waals surface area contributed by atoms with Crippen LogP contribution in [-0.4, -0.2) is 67.6 Å². The minimum atomic E-state index is -0.114. The van der Waals surface area contributed by atoms with E-state index in [4.69, 9.17) is 9.47 Å². The molecule has 1 fully saturated rings. The first-order valence-electron chi connectivity index (χ1n) is 12.6. The topological polar surface area (TPSA) is 71.1 Å². The van der Waals surface area contributed by atoms with Gasteiger partial charge in [-0.2, -0.15) is 0 Å². The third-order valence-corrected chi connectivity index (χ3v) is 6.68. The molecule has 1 atom stereocenters. The zero-order valence-corrected chi connectivity index (χ0v) is 21.1.